The van der Waals surface area contributed by atoms with Crippen LogP contribution in [-0.2, 0) is 6.42 Å². The Balaban J connectivity index is 2.31. The highest BCUT2D eigenvalue weighted by atomic mass is 35.5. The van der Waals surface area contributed by atoms with Gasteiger partial charge in [0.25, 0.3) is 0 Å². The van der Waals surface area contributed by atoms with Crippen LogP contribution in [0.2, 0.25) is 5.15 Å². The topological polar surface area (TPSA) is 22.1 Å². The second-order valence-corrected chi connectivity index (χ2v) is 4.41. The molecular weight excluding hydrogens is 279 g/mol. The average Bonchev–Trinajstić information content (AvgIpc) is 2.34. The Morgan fingerprint density at radius 1 is 1.26 bits per heavy atom. The van der Waals surface area contributed by atoms with E-state index in [1.54, 1.807) is 6.07 Å². The van der Waals surface area contributed by atoms with Crippen molar-refractivity contribution in [2.45, 2.75) is 19.5 Å². The molecule has 0 saturated carbocycles. The van der Waals surface area contributed by atoms with Crippen LogP contribution >= 0.6 is 11.6 Å². The summed E-state index contributed by atoms with van der Waals surface area (Å²) in [6.45, 7) is 0.624. The van der Waals surface area contributed by atoms with Crippen LogP contribution < -0.4 is 4.74 Å². The van der Waals surface area contributed by atoms with Crippen molar-refractivity contribution in [2.24, 2.45) is 0 Å². The predicted molar refractivity (Wildman–Crippen MR) is 67.7 cm³/mol. The maximum absolute atomic E-state index is 12.1. The van der Waals surface area contributed by atoms with Crippen LogP contribution in [0.1, 0.15) is 12.5 Å². The highest BCUT2D eigenvalue weighted by Gasteiger charge is 2.28. The Morgan fingerprint density at radius 2 is 2.00 bits per heavy atom. The number of pyridine rings is 1. The van der Waals surface area contributed by atoms with E-state index in [2.05, 4.69) is 4.98 Å². The van der Waals surface area contributed by atoms with Crippen molar-refractivity contribution in [3.63, 3.8) is 0 Å². The molecule has 0 N–H and O–H groups in total. The first-order chi connectivity index (χ1) is 8.89. The van der Waals surface area contributed by atoms with Gasteiger partial charge in [0.05, 0.1) is 5.52 Å². The molecule has 0 spiro atoms. The van der Waals surface area contributed by atoms with Gasteiger partial charge in [-0.1, -0.05) is 18.5 Å². The molecule has 2 rings (SSSR count). The third-order valence-electron chi connectivity index (χ3n) is 2.60. The van der Waals surface area contributed by atoms with Crippen molar-refractivity contribution < 1.29 is 17.9 Å². The predicted octanol–water partition coefficient (Wildman–Crippen LogP) is 4.39. The Morgan fingerprint density at radius 3 is 2.63 bits per heavy atom. The van der Waals surface area contributed by atoms with E-state index in [0.29, 0.717) is 22.5 Å². The number of nitrogens with zero attached hydrogens (tertiary/aromatic N) is 1. The summed E-state index contributed by atoms with van der Waals surface area (Å²) in [6.07, 6.45) is -3.64. The van der Waals surface area contributed by atoms with Crippen molar-refractivity contribution in [1.82, 2.24) is 4.98 Å². The summed E-state index contributed by atoms with van der Waals surface area (Å²) < 4.78 is 40.9. The molecule has 0 bridgehead atoms. The maximum atomic E-state index is 12.1. The molecular formula is C13H11ClF3NO. The number of ether oxygens (including phenoxy) is 1. The van der Waals surface area contributed by atoms with Gasteiger partial charge in [-0.15, -0.1) is 0 Å². The van der Waals surface area contributed by atoms with E-state index in [-0.39, 0.29) is 5.75 Å². The summed E-state index contributed by atoms with van der Waals surface area (Å²) in [4.78, 5) is 4.18. The smallest absolute Gasteiger partial charge is 0.422 e. The fourth-order valence-electron chi connectivity index (χ4n) is 1.68. The first-order valence-corrected chi connectivity index (χ1v) is 6.05. The SMILES string of the molecule is CCc1cc2cc(OCC(F)(F)F)ccc2nc1Cl. The average molecular weight is 290 g/mol. The van der Waals surface area contributed by atoms with Crippen LogP contribution in [-0.4, -0.2) is 17.8 Å². The molecule has 6 heteroatoms. The van der Waals surface area contributed by atoms with Crippen molar-refractivity contribution in [3.8, 4) is 5.75 Å². The van der Waals surface area contributed by atoms with Crippen LogP contribution in [0.25, 0.3) is 10.9 Å². The number of rotatable bonds is 3. The van der Waals surface area contributed by atoms with E-state index >= 15 is 0 Å². The van der Waals surface area contributed by atoms with Crippen molar-refractivity contribution >= 4 is 22.5 Å². The molecule has 1 aromatic heterocycles. The number of hydrogen-bond acceptors (Lipinski definition) is 2. The molecule has 0 atom stereocenters. The van der Waals surface area contributed by atoms with E-state index in [1.165, 1.54) is 12.1 Å². The van der Waals surface area contributed by atoms with Crippen LogP contribution in [0.4, 0.5) is 13.2 Å². The molecule has 0 unspecified atom stereocenters. The van der Waals surface area contributed by atoms with Crippen LogP contribution in [0, 0.1) is 0 Å². The fraction of sp³-hybridized carbons (Fsp3) is 0.308. The van der Waals surface area contributed by atoms with Crippen LogP contribution in [0.3, 0.4) is 0 Å². The van der Waals surface area contributed by atoms with Gasteiger partial charge < -0.3 is 4.74 Å². The minimum absolute atomic E-state index is 0.163. The molecule has 1 heterocycles. The minimum atomic E-state index is -4.35. The number of alkyl halides is 3. The zero-order valence-electron chi connectivity index (χ0n) is 10.1. The van der Waals surface area contributed by atoms with Gasteiger partial charge in [-0.05, 0) is 36.2 Å². The summed E-state index contributed by atoms with van der Waals surface area (Å²) in [5.74, 6) is 0.163. The third kappa shape index (κ3) is 3.50. The summed E-state index contributed by atoms with van der Waals surface area (Å²) in [6, 6.07) is 6.38. The minimum Gasteiger partial charge on any atom is -0.484 e. The zero-order chi connectivity index (χ0) is 14.0. The molecule has 0 aliphatic heterocycles. The Hall–Kier alpha value is -1.49. The number of aryl methyl sites for hydroxylation is 1. The second kappa shape index (κ2) is 5.25. The first kappa shape index (κ1) is 13.9. The summed E-state index contributed by atoms with van der Waals surface area (Å²) in [7, 11) is 0. The largest absolute Gasteiger partial charge is 0.484 e. The van der Waals surface area contributed by atoms with E-state index in [0.717, 1.165) is 5.56 Å². The van der Waals surface area contributed by atoms with Crippen LogP contribution in [0.5, 0.6) is 5.75 Å². The molecule has 19 heavy (non-hydrogen) atoms. The maximum Gasteiger partial charge on any atom is 0.422 e. The van der Waals surface area contributed by atoms with Crippen molar-refractivity contribution in [3.05, 3.63) is 35.0 Å². The van der Waals surface area contributed by atoms with E-state index < -0.39 is 12.8 Å². The van der Waals surface area contributed by atoms with Gasteiger partial charge in [0, 0.05) is 5.39 Å². The molecule has 0 amide bonds. The van der Waals surface area contributed by atoms with Crippen molar-refractivity contribution in [2.75, 3.05) is 6.61 Å². The lowest BCUT2D eigenvalue weighted by atomic mass is 10.1. The molecule has 0 fully saturated rings. The molecule has 102 valence electrons. The lowest BCUT2D eigenvalue weighted by Crippen LogP contribution is -2.19. The van der Waals surface area contributed by atoms with Crippen LogP contribution in [0.15, 0.2) is 24.3 Å². The first-order valence-electron chi connectivity index (χ1n) is 5.68. The van der Waals surface area contributed by atoms with E-state index in [1.807, 2.05) is 13.0 Å². The van der Waals surface area contributed by atoms with E-state index in [9.17, 15) is 13.2 Å². The van der Waals surface area contributed by atoms with Gasteiger partial charge in [-0.25, -0.2) is 4.98 Å². The Bertz CT molecular complexity index is 598. The highest BCUT2D eigenvalue weighted by molar-refractivity contribution is 6.30. The Labute approximate surface area is 113 Å². The molecule has 1 aromatic carbocycles. The monoisotopic (exact) mass is 289 g/mol. The Kier molecular flexibility index (Phi) is 3.85. The molecule has 0 saturated heterocycles. The van der Waals surface area contributed by atoms with Gasteiger partial charge in [0.1, 0.15) is 10.9 Å². The number of aromatic nitrogens is 1. The number of fused-ring (bicyclic) bond motifs is 1. The molecule has 0 aliphatic rings. The summed E-state index contributed by atoms with van der Waals surface area (Å²) in [5, 5.41) is 1.12. The lowest BCUT2D eigenvalue weighted by molar-refractivity contribution is -0.153. The molecule has 0 aliphatic carbocycles. The van der Waals surface area contributed by atoms with Gasteiger partial charge in [-0.2, -0.15) is 13.2 Å². The zero-order valence-corrected chi connectivity index (χ0v) is 10.8. The normalized spacial score (nSPS) is 11.8. The standard InChI is InChI=1S/C13H11ClF3NO/c1-2-8-5-9-6-10(19-7-13(15,16)17)3-4-11(9)18-12(8)14/h3-6H,2,7H2,1H3. The lowest BCUT2D eigenvalue weighted by Gasteiger charge is -2.10. The summed E-state index contributed by atoms with van der Waals surface area (Å²) in [5.41, 5.74) is 1.48. The molecule has 2 nitrogen and oxygen atoms in total. The number of hydrogen-bond donors (Lipinski definition) is 0. The summed E-state index contributed by atoms with van der Waals surface area (Å²) >= 11 is 5.97. The van der Waals surface area contributed by atoms with E-state index in [4.69, 9.17) is 16.3 Å². The van der Waals surface area contributed by atoms with Gasteiger partial charge in [0.15, 0.2) is 6.61 Å². The highest BCUT2D eigenvalue weighted by Crippen LogP contribution is 2.26. The molecule has 0 radical (unpaired) electrons. The fourth-order valence-corrected chi connectivity index (χ4v) is 1.96. The van der Waals surface area contributed by atoms with Gasteiger partial charge in [0.2, 0.25) is 0 Å². The van der Waals surface area contributed by atoms with Gasteiger partial charge in [-0.3, -0.25) is 0 Å². The second-order valence-electron chi connectivity index (χ2n) is 4.05. The molecule has 2 aromatic rings. The third-order valence-corrected chi connectivity index (χ3v) is 2.92. The quantitative estimate of drug-likeness (QED) is 0.782. The number of benzene rings is 1. The van der Waals surface area contributed by atoms with Crippen molar-refractivity contribution in [1.29, 1.82) is 0 Å². The van der Waals surface area contributed by atoms with Gasteiger partial charge >= 0.3 is 6.18 Å². The number of halogens is 4.